The van der Waals surface area contributed by atoms with Gasteiger partial charge in [-0.15, -0.1) is 0 Å². The van der Waals surface area contributed by atoms with E-state index < -0.39 is 0 Å². The van der Waals surface area contributed by atoms with Crippen LogP contribution in [0.2, 0.25) is 0 Å². The Morgan fingerprint density at radius 3 is 2.77 bits per heavy atom. The highest BCUT2D eigenvalue weighted by Crippen LogP contribution is 2.28. The maximum absolute atomic E-state index is 12.5. The quantitative estimate of drug-likeness (QED) is 0.564. The monoisotopic (exact) mass is 352 g/mol. The van der Waals surface area contributed by atoms with Gasteiger partial charge in [-0.2, -0.15) is 0 Å². The lowest BCUT2D eigenvalue weighted by Gasteiger charge is -2.09. The fourth-order valence-corrected chi connectivity index (χ4v) is 2.29. The smallest absolute Gasteiger partial charge is 0.256 e. The number of allylic oxidation sites excluding steroid dienone is 1. The fourth-order valence-electron chi connectivity index (χ4n) is 2.29. The third-order valence-corrected chi connectivity index (χ3v) is 3.43. The number of rotatable bonds is 7. The first kappa shape index (κ1) is 19.2. The number of carbonyl (C=O) groups excluding carboxylic acids is 1. The van der Waals surface area contributed by atoms with Crippen LogP contribution >= 0.6 is 0 Å². The summed E-state index contributed by atoms with van der Waals surface area (Å²) in [5.41, 5.74) is 1.46. The molecule has 0 bridgehead atoms. The summed E-state index contributed by atoms with van der Waals surface area (Å²) in [6.45, 7) is 7.97. The van der Waals surface area contributed by atoms with Crippen molar-refractivity contribution in [2.75, 3.05) is 13.7 Å². The van der Waals surface area contributed by atoms with Crippen LogP contribution < -0.4 is 15.0 Å². The van der Waals surface area contributed by atoms with E-state index in [2.05, 4.69) is 11.6 Å². The van der Waals surface area contributed by atoms with Gasteiger partial charge in [-0.25, -0.2) is 0 Å². The standard InChI is InChI=1S/C21H24N2O3/c1-5-14-26-18-11-9-17(15-19(18)25-4)10-12-21(24)23-13-7-6-8-20(23)22-16(2)3/h5-13,15-16H,1,14H2,2-4H3/b12-10+,22-20?. The van der Waals surface area contributed by atoms with Crippen LogP contribution in [0.15, 0.2) is 66.3 Å². The normalized spacial score (nSPS) is 11.8. The van der Waals surface area contributed by atoms with Gasteiger partial charge in [0, 0.05) is 18.3 Å². The molecule has 2 aromatic rings. The first-order chi connectivity index (χ1) is 12.5. The van der Waals surface area contributed by atoms with Gasteiger partial charge in [0.05, 0.1) is 7.11 Å². The van der Waals surface area contributed by atoms with Crippen LogP contribution in [0, 0.1) is 0 Å². The van der Waals surface area contributed by atoms with Gasteiger partial charge in [0.15, 0.2) is 11.5 Å². The minimum atomic E-state index is -0.170. The van der Waals surface area contributed by atoms with E-state index in [0.29, 0.717) is 23.6 Å². The molecule has 2 rings (SSSR count). The summed E-state index contributed by atoms with van der Waals surface area (Å²) in [7, 11) is 1.58. The van der Waals surface area contributed by atoms with Crippen molar-refractivity contribution < 1.29 is 14.3 Å². The zero-order valence-corrected chi connectivity index (χ0v) is 15.4. The number of ether oxygens (including phenoxy) is 2. The Labute approximate surface area is 153 Å². The number of benzene rings is 1. The molecule has 0 saturated heterocycles. The number of hydrogen-bond donors (Lipinski definition) is 0. The molecule has 0 fully saturated rings. The minimum absolute atomic E-state index is 0.104. The maximum atomic E-state index is 12.5. The van der Waals surface area contributed by atoms with E-state index in [-0.39, 0.29) is 11.9 Å². The molecule has 0 aliphatic carbocycles. The SMILES string of the molecule is C=CCOc1ccc(/C=C/C(=O)n2ccccc2=NC(C)C)cc1OC. The molecule has 0 unspecified atom stereocenters. The predicted octanol–water partition coefficient (Wildman–Crippen LogP) is 3.72. The van der Waals surface area contributed by atoms with Crippen LogP contribution in [-0.4, -0.2) is 30.2 Å². The Hall–Kier alpha value is -3.08. The van der Waals surface area contributed by atoms with Gasteiger partial charge in [-0.3, -0.25) is 14.4 Å². The topological polar surface area (TPSA) is 52.8 Å². The van der Waals surface area contributed by atoms with Gasteiger partial charge >= 0.3 is 0 Å². The van der Waals surface area contributed by atoms with Crippen molar-refractivity contribution in [2.45, 2.75) is 19.9 Å². The Morgan fingerprint density at radius 2 is 2.08 bits per heavy atom. The molecule has 0 aliphatic heterocycles. The molecule has 1 aromatic heterocycles. The predicted molar refractivity (Wildman–Crippen MR) is 103 cm³/mol. The lowest BCUT2D eigenvalue weighted by atomic mass is 10.2. The van der Waals surface area contributed by atoms with Gasteiger partial charge < -0.3 is 9.47 Å². The first-order valence-corrected chi connectivity index (χ1v) is 8.41. The summed E-state index contributed by atoms with van der Waals surface area (Å²) in [6, 6.07) is 11.1. The second-order valence-electron chi connectivity index (χ2n) is 5.83. The maximum Gasteiger partial charge on any atom is 0.256 e. The van der Waals surface area contributed by atoms with Crippen LogP contribution in [0.25, 0.3) is 6.08 Å². The summed E-state index contributed by atoms with van der Waals surface area (Å²) < 4.78 is 12.4. The third kappa shape index (κ3) is 5.21. The average Bonchev–Trinajstić information content (AvgIpc) is 2.64. The molecule has 0 amide bonds. The number of carbonyl (C=O) groups is 1. The lowest BCUT2D eigenvalue weighted by Crippen LogP contribution is -2.26. The van der Waals surface area contributed by atoms with E-state index >= 15 is 0 Å². The number of methoxy groups -OCH3 is 1. The van der Waals surface area contributed by atoms with E-state index in [1.807, 2.05) is 44.2 Å². The highest BCUT2D eigenvalue weighted by atomic mass is 16.5. The van der Waals surface area contributed by atoms with Gasteiger partial charge in [-0.05, 0) is 49.8 Å². The molecule has 0 atom stereocenters. The summed E-state index contributed by atoms with van der Waals surface area (Å²) in [5.74, 6) is 1.06. The van der Waals surface area contributed by atoms with Crippen molar-refractivity contribution in [2.24, 2.45) is 4.99 Å². The van der Waals surface area contributed by atoms with Crippen LogP contribution in [0.3, 0.4) is 0 Å². The van der Waals surface area contributed by atoms with Gasteiger partial charge in [0.1, 0.15) is 12.1 Å². The van der Waals surface area contributed by atoms with Crippen molar-refractivity contribution in [1.29, 1.82) is 0 Å². The highest BCUT2D eigenvalue weighted by molar-refractivity contribution is 5.93. The van der Waals surface area contributed by atoms with E-state index in [4.69, 9.17) is 9.47 Å². The van der Waals surface area contributed by atoms with Crippen LogP contribution in [0.1, 0.15) is 24.2 Å². The van der Waals surface area contributed by atoms with E-state index in [1.165, 1.54) is 10.6 Å². The average molecular weight is 352 g/mol. The second-order valence-corrected chi connectivity index (χ2v) is 5.83. The van der Waals surface area contributed by atoms with Crippen molar-refractivity contribution >= 4 is 12.0 Å². The molecule has 0 aliphatic rings. The van der Waals surface area contributed by atoms with Crippen molar-refractivity contribution in [1.82, 2.24) is 4.57 Å². The van der Waals surface area contributed by atoms with Gasteiger partial charge in [0.25, 0.3) is 5.91 Å². The van der Waals surface area contributed by atoms with Crippen LogP contribution in [0.4, 0.5) is 0 Å². The molecular formula is C21H24N2O3. The van der Waals surface area contributed by atoms with Gasteiger partial charge in [-0.1, -0.05) is 24.8 Å². The third-order valence-electron chi connectivity index (χ3n) is 3.43. The molecule has 5 nitrogen and oxygen atoms in total. The van der Waals surface area contributed by atoms with E-state index in [1.54, 1.807) is 31.5 Å². The molecule has 1 heterocycles. The zero-order valence-electron chi connectivity index (χ0n) is 15.4. The molecular weight excluding hydrogens is 328 g/mol. The zero-order chi connectivity index (χ0) is 18.9. The van der Waals surface area contributed by atoms with E-state index in [0.717, 1.165) is 5.56 Å². The van der Waals surface area contributed by atoms with Crippen LogP contribution in [-0.2, 0) is 0 Å². The number of nitrogens with zero attached hydrogens (tertiary/aromatic N) is 2. The Bertz CT molecular complexity index is 864. The fraction of sp³-hybridized carbons (Fsp3) is 0.238. The van der Waals surface area contributed by atoms with Crippen molar-refractivity contribution in [3.8, 4) is 11.5 Å². The van der Waals surface area contributed by atoms with Gasteiger partial charge in [0.2, 0.25) is 0 Å². The summed E-state index contributed by atoms with van der Waals surface area (Å²) in [5, 5.41) is 0. The Kier molecular flexibility index (Phi) is 6.97. The number of aromatic nitrogens is 1. The van der Waals surface area contributed by atoms with Crippen LogP contribution in [0.5, 0.6) is 11.5 Å². The Morgan fingerprint density at radius 1 is 1.27 bits per heavy atom. The second kappa shape index (κ2) is 9.42. The first-order valence-electron chi connectivity index (χ1n) is 8.41. The summed E-state index contributed by atoms with van der Waals surface area (Å²) >= 11 is 0. The molecule has 26 heavy (non-hydrogen) atoms. The minimum Gasteiger partial charge on any atom is -0.493 e. The number of hydrogen-bond acceptors (Lipinski definition) is 4. The highest BCUT2D eigenvalue weighted by Gasteiger charge is 2.05. The molecule has 0 spiro atoms. The Balaban J connectivity index is 2.25. The van der Waals surface area contributed by atoms with E-state index in [9.17, 15) is 4.79 Å². The lowest BCUT2D eigenvalue weighted by molar-refractivity contribution is 0.0964. The largest absolute Gasteiger partial charge is 0.493 e. The van der Waals surface area contributed by atoms with Crippen molar-refractivity contribution in [3.05, 3.63) is 72.4 Å². The molecule has 5 heteroatoms. The summed E-state index contributed by atoms with van der Waals surface area (Å²) in [4.78, 5) is 17.0. The van der Waals surface area contributed by atoms with Crippen molar-refractivity contribution in [3.63, 3.8) is 0 Å². The molecule has 0 N–H and O–H groups in total. The molecule has 1 aromatic carbocycles. The summed E-state index contributed by atoms with van der Waals surface area (Å²) in [6.07, 6.45) is 6.63. The molecule has 0 saturated carbocycles. The molecule has 0 radical (unpaired) electrons. The molecule has 136 valence electrons. The number of pyridine rings is 1.